The molecule has 1 aliphatic rings. The minimum atomic E-state index is 0.341. The zero-order chi connectivity index (χ0) is 13.7. The van der Waals surface area contributed by atoms with E-state index < -0.39 is 0 Å². The standard InChI is InChI=1S/C15H24N2O2/c1-3-12(9-16)10-17(2)7-6-13-4-5-14-15(8-13)19-11-18-14/h4-5,8,12H,3,6-7,9-11,16H2,1-2H3. The van der Waals surface area contributed by atoms with Gasteiger partial charge in [0.15, 0.2) is 11.5 Å². The average molecular weight is 264 g/mol. The van der Waals surface area contributed by atoms with E-state index in [4.69, 9.17) is 15.2 Å². The Morgan fingerprint density at radius 3 is 2.84 bits per heavy atom. The Labute approximate surface area is 115 Å². The lowest BCUT2D eigenvalue weighted by Crippen LogP contribution is -2.31. The fraction of sp³-hybridized carbons (Fsp3) is 0.600. The number of nitrogens with two attached hydrogens (primary N) is 1. The first-order valence-electron chi connectivity index (χ1n) is 7.00. The Kier molecular flexibility index (Phi) is 5.05. The number of fused-ring (bicyclic) bond motifs is 1. The van der Waals surface area contributed by atoms with Gasteiger partial charge < -0.3 is 20.1 Å². The van der Waals surface area contributed by atoms with Gasteiger partial charge >= 0.3 is 0 Å². The number of nitrogens with zero attached hydrogens (tertiary/aromatic N) is 1. The summed E-state index contributed by atoms with van der Waals surface area (Å²) >= 11 is 0. The van der Waals surface area contributed by atoms with E-state index >= 15 is 0 Å². The maximum Gasteiger partial charge on any atom is 0.231 e. The van der Waals surface area contributed by atoms with Gasteiger partial charge in [0.2, 0.25) is 6.79 Å². The van der Waals surface area contributed by atoms with Crippen LogP contribution in [-0.4, -0.2) is 38.4 Å². The van der Waals surface area contributed by atoms with Crippen molar-refractivity contribution in [2.45, 2.75) is 19.8 Å². The molecule has 1 aromatic rings. The number of likely N-dealkylation sites (N-methyl/N-ethyl adjacent to an activating group) is 1. The van der Waals surface area contributed by atoms with Crippen molar-refractivity contribution < 1.29 is 9.47 Å². The van der Waals surface area contributed by atoms with Crippen molar-refractivity contribution in [3.63, 3.8) is 0 Å². The molecule has 1 aromatic carbocycles. The second kappa shape index (κ2) is 6.78. The third-order valence-electron chi connectivity index (χ3n) is 3.70. The minimum absolute atomic E-state index is 0.341. The van der Waals surface area contributed by atoms with Crippen LogP contribution in [0.15, 0.2) is 18.2 Å². The van der Waals surface area contributed by atoms with Crippen LogP contribution >= 0.6 is 0 Å². The molecule has 0 aromatic heterocycles. The highest BCUT2D eigenvalue weighted by Gasteiger charge is 2.13. The molecule has 106 valence electrons. The predicted octanol–water partition coefficient (Wildman–Crippen LogP) is 1.87. The Morgan fingerprint density at radius 2 is 2.11 bits per heavy atom. The van der Waals surface area contributed by atoms with Gasteiger partial charge in [-0.3, -0.25) is 0 Å². The van der Waals surface area contributed by atoms with Gasteiger partial charge in [0.25, 0.3) is 0 Å². The Balaban J connectivity index is 1.81. The zero-order valence-electron chi connectivity index (χ0n) is 11.9. The SMILES string of the molecule is CCC(CN)CN(C)CCc1ccc2c(c1)OCO2. The topological polar surface area (TPSA) is 47.7 Å². The number of hydrogen-bond donors (Lipinski definition) is 1. The smallest absolute Gasteiger partial charge is 0.231 e. The molecular weight excluding hydrogens is 240 g/mol. The molecule has 4 nitrogen and oxygen atoms in total. The summed E-state index contributed by atoms with van der Waals surface area (Å²) in [6.45, 7) is 5.41. The molecule has 19 heavy (non-hydrogen) atoms. The molecule has 4 heteroatoms. The maximum absolute atomic E-state index is 5.74. The quantitative estimate of drug-likeness (QED) is 0.817. The lowest BCUT2D eigenvalue weighted by atomic mass is 10.1. The van der Waals surface area contributed by atoms with E-state index in [2.05, 4.69) is 31.0 Å². The second-order valence-electron chi connectivity index (χ2n) is 5.21. The fourth-order valence-corrected chi connectivity index (χ4v) is 2.32. The molecule has 0 spiro atoms. The highest BCUT2D eigenvalue weighted by atomic mass is 16.7. The molecule has 0 saturated heterocycles. The lowest BCUT2D eigenvalue weighted by Gasteiger charge is -2.22. The van der Waals surface area contributed by atoms with Crippen LogP contribution in [0.5, 0.6) is 11.5 Å². The lowest BCUT2D eigenvalue weighted by molar-refractivity contribution is 0.174. The fourth-order valence-electron chi connectivity index (χ4n) is 2.32. The first kappa shape index (κ1) is 14.2. The zero-order valence-corrected chi connectivity index (χ0v) is 11.9. The number of hydrogen-bond acceptors (Lipinski definition) is 4. The molecule has 1 unspecified atom stereocenters. The van der Waals surface area contributed by atoms with Crippen molar-refractivity contribution in [1.29, 1.82) is 0 Å². The first-order valence-corrected chi connectivity index (χ1v) is 7.00. The highest BCUT2D eigenvalue weighted by molar-refractivity contribution is 5.44. The molecule has 0 saturated carbocycles. The van der Waals surface area contributed by atoms with Gasteiger partial charge in [-0.05, 0) is 43.6 Å². The van der Waals surface area contributed by atoms with Crippen molar-refractivity contribution in [2.75, 3.05) is 33.5 Å². The van der Waals surface area contributed by atoms with E-state index in [1.54, 1.807) is 0 Å². The van der Waals surface area contributed by atoms with Gasteiger partial charge in [-0.15, -0.1) is 0 Å². The summed E-state index contributed by atoms with van der Waals surface area (Å²) in [4.78, 5) is 2.35. The molecule has 1 heterocycles. The van der Waals surface area contributed by atoms with Crippen molar-refractivity contribution in [1.82, 2.24) is 4.90 Å². The van der Waals surface area contributed by atoms with Crippen LogP contribution in [-0.2, 0) is 6.42 Å². The van der Waals surface area contributed by atoms with Crippen LogP contribution in [0.3, 0.4) is 0 Å². The molecular formula is C15H24N2O2. The van der Waals surface area contributed by atoms with Crippen LogP contribution < -0.4 is 15.2 Å². The largest absolute Gasteiger partial charge is 0.454 e. The molecule has 0 bridgehead atoms. The van der Waals surface area contributed by atoms with Crippen molar-refractivity contribution in [3.8, 4) is 11.5 Å². The third kappa shape index (κ3) is 3.85. The Bertz CT molecular complexity index is 405. The van der Waals surface area contributed by atoms with Gasteiger partial charge in [0, 0.05) is 13.1 Å². The molecule has 0 aliphatic carbocycles. The summed E-state index contributed by atoms with van der Waals surface area (Å²) in [5.74, 6) is 2.32. The summed E-state index contributed by atoms with van der Waals surface area (Å²) in [6.07, 6.45) is 2.17. The summed E-state index contributed by atoms with van der Waals surface area (Å²) < 4.78 is 10.7. The van der Waals surface area contributed by atoms with Crippen LogP contribution in [0.25, 0.3) is 0 Å². The van der Waals surface area contributed by atoms with Crippen LogP contribution in [0.4, 0.5) is 0 Å². The number of benzene rings is 1. The van der Waals surface area contributed by atoms with Crippen molar-refractivity contribution in [3.05, 3.63) is 23.8 Å². The highest BCUT2D eigenvalue weighted by Crippen LogP contribution is 2.32. The van der Waals surface area contributed by atoms with Crippen LogP contribution in [0, 0.1) is 5.92 Å². The minimum Gasteiger partial charge on any atom is -0.454 e. The second-order valence-corrected chi connectivity index (χ2v) is 5.21. The predicted molar refractivity (Wildman–Crippen MR) is 76.6 cm³/mol. The molecule has 2 N–H and O–H groups in total. The molecule has 1 aliphatic heterocycles. The van der Waals surface area contributed by atoms with Crippen LogP contribution in [0.2, 0.25) is 0 Å². The van der Waals surface area contributed by atoms with Crippen LogP contribution in [0.1, 0.15) is 18.9 Å². The average Bonchev–Trinajstić information content (AvgIpc) is 2.89. The molecule has 0 amide bonds. The first-order chi connectivity index (χ1) is 9.22. The van der Waals surface area contributed by atoms with Crippen molar-refractivity contribution in [2.24, 2.45) is 11.7 Å². The van der Waals surface area contributed by atoms with Gasteiger partial charge in [0.1, 0.15) is 0 Å². The Hall–Kier alpha value is -1.26. The molecule has 2 rings (SSSR count). The van der Waals surface area contributed by atoms with E-state index in [-0.39, 0.29) is 0 Å². The van der Waals surface area contributed by atoms with Gasteiger partial charge in [-0.2, -0.15) is 0 Å². The Morgan fingerprint density at radius 1 is 1.32 bits per heavy atom. The normalized spacial score (nSPS) is 14.9. The third-order valence-corrected chi connectivity index (χ3v) is 3.70. The monoisotopic (exact) mass is 264 g/mol. The maximum atomic E-state index is 5.74. The van der Waals surface area contributed by atoms with Crippen molar-refractivity contribution >= 4 is 0 Å². The molecule has 1 atom stereocenters. The summed E-state index contributed by atoms with van der Waals surface area (Å²) in [6, 6.07) is 6.18. The van der Waals surface area contributed by atoms with E-state index in [1.807, 2.05) is 6.07 Å². The number of ether oxygens (including phenoxy) is 2. The van der Waals surface area contributed by atoms with Gasteiger partial charge in [0.05, 0.1) is 0 Å². The van der Waals surface area contributed by atoms with Gasteiger partial charge in [-0.25, -0.2) is 0 Å². The van der Waals surface area contributed by atoms with E-state index in [0.717, 1.165) is 44.0 Å². The summed E-state index contributed by atoms with van der Waals surface area (Å²) in [7, 11) is 2.16. The van der Waals surface area contributed by atoms with E-state index in [0.29, 0.717) is 12.7 Å². The van der Waals surface area contributed by atoms with E-state index in [9.17, 15) is 0 Å². The summed E-state index contributed by atoms with van der Waals surface area (Å²) in [5, 5.41) is 0. The van der Waals surface area contributed by atoms with Gasteiger partial charge in [-0.1, -0.05) is 19.4 Å². The molecule has 0 radical (unpaired) electrons. The molecule has 0 fully saturated rings. The summed E-state index contributed by atoms with van der Waals surface area (Å²) in [5.41, 5.74) is 7.03. The number of rotatable bonds is 7. The van der Waals surface area contributed by atoms with E-state index in [1.165, 1.54) is 5.56 Å².